The standard InChI is InChI=1S/C7H10N2O2/c1-2-4-9(5-3-8)6-7(10)11/h2H,1,4-6H2,(H,10,11). The number of nitriles is 1. The van der Waals surface area contributed by atoms with Crippen molar-refractivity contribution in [1.82, 2.24) is 4.90 Å². The van der Waals surface area contributed by atoms with Crippen molar-refractivity contribution in [1.29, 1.82) is 5.26 Å². The molecule has 0 aliphatic rings. The average molecular weight is 154 g/mol. The van der Waals surface area contributed by atoms with Crippen LogP contribution in [0.2, 0.25) is 0 Å². The van der Waals surface area contributed by atoms with E-state index in [0.717, 1.165) is 0 Å². The summed E-state index contributed by atoms with van der Waals surface area (Å²) in [5, 5.41) is 16.6. The highest BCUT2D eigenvalue weighted by Gasteiger charge is 2.05. The molecule has 0 radical (unpaired) electrons. The second-order valence-electron chi connectivity index (χ2n) is 2.01. The van der Waals surface area contributed by atoms with E-state index in [4.69, 9.17) is 10.4 Å². The first-order chi connectivity index (χ1) is 5.20. The van der Waals surface area contributed by atoms with Crippen LogP contribution in [-0.2, 0) is 4.79 Å². The number of hydrogen-bond donors (Lipinski definition) is 1. The van der Waals surface area contributed by atoms with E-state index < -0.39 is 5.97 Å². The number of carboxylic acids is 1. The zero-order valence-corrected chi connectivity index (χ0v) is 6.16. The summed E-state index contributed by atoms with van der Waals surface area (Å²) in [4.78, 5) is 11.7. The van der Waals surface area contributed by atoms with Crippen molar-refractivity contribution in [3.8, 4) is 6.07 Å². The lowest BCUT2D eigenvalue weighted by Gasteiger charge is -2.12. The molecule has 0 bridgehead atoms. The van der Waals surface area contributed by atoms with Crippen LogP contribution in [0, 0.1) is 11.3 Å². The van der Waals surface area contributed by atoms with Gasteiger partial charge in [-0.1, -0.05) is 6.08 Å². The van der Waals surface area contributed by atoms with Gasteiger partial charge in [0, 0.05) is 6.54 Å². The minimum atomic E-state index is -0.929. The van der Waals surface area contributed by atoms with Crippen LogP contribution < -0.4 is 0 Å². The summed E-state index contributed by atoms with van der Waals surface area (Å²) in [6.07, 6.45) is 1.57. The van der Waals surface area contributed by atoms with E-state index in [1.807, 2.05) is 6.07 Å². The van der Waals surface area contributed by atoms with Crippen LogP contribution in [-0.4, -0.2) is 35.6 Å². The summed E-state index contributed by atoms with van der Waals surface area (Å²) in [6.45, 7) is 3.89. The third-order valence-corrected chi connectivity index (χ3v) is 1.04. The van der Waals surface area contributed by atoms with E-state index in [1.54, 1.807) is 6.08 Å². The molecule has 0 atom stereocenters. The molecule has 0 saturated heterocycles. The van der Waals surface area contributed by atoms with Crippen LogP contribution in [0.1, 0.15) is 0 Å². The summed E-state index contributed by atoms with van der Waals surface area (Å²) in [5.74, 6) is -0.929. The number of aliphatic carboxylic acids is 1. The smallest absolute Gasteiger partial charge is 0.317 e. The molecule has 0 fully saturated rings. The first kappa shape index (κ1) is 9.66. The van der Waals surface area contributed by atoms with E-state index in [1.165, 1.54) is 4.90 Å². The highest BCUT2D eigenvalue weighted by molar-refractivity contribution is 5.69. The maximum atomic E-state index is 10.2. The van der Waals surface area contributed by atoms with Gasteiger partial charge in [0.15, 0.2) is 0 Å². The van der Waals surface area contributed by atoms with Gasteiger partial charge in [0.2, 0.25) is 0 Å². The molecule has 0 amide bonds. The van der Waals surface area contributed by atoms with Crippen molar-refractivity contribution in [2.75, 3.05) is 19.6 Å². The molecule has 11 heavy (non-hydrogen) atoms. The third kappa shape index (κ3) is 5.12. The molecule has 4 heteroatoms. The molecule has 0 aromatic rings. The van der Waals surface area contributed by atoms with Gasteiger partial charge in [0.1, 0.15) is 0 Å². The lowest BCUT2D eigenvalue weighted by atomic mass is 10.4. The Kier molecular flexibility index (Phi) is 4.78. The van der Waals surface area contributed by atoms with Crippen molar-refractivity contribution in [3.05, 3.63) is 12.7 Å². The fourth-order valence-corrected chi connectivity index (χ4v) is 0.659. The fourth-order valence-electron chi connectivity index (χ4n) is 0.659. The summed E-state index contributed by atoms with van der Waals surface area (Å²) in [5.41, 5.74) is 0. The third-order valence-electron chi connectivity index (χ3n) is 1.04. The second-order valence-corrected chi connectivity index (χ2v) is 2.01. The number of carboxylic acid groups (broad SMARTS) is 1. The first-order valence-electron chi connectivity index (χ1n) is 3.12. The Labute approximate surface area is 65.3 Å². The largest absolute Gasteiger partial charge is 0.480 e. The molecule has 0 spiro atoms. The van der Waals surface area contributed by atoms with Crippen LogP contribution in [0.5, 0.6) is 0 Å². The van der Waals surface area contributed by atoms with E-state index in [2.05, 4.69) is 6.58 Å². The molecule has 1 N–H and O–H groups in total. The van der Waals surface area contributed by atoms with Gasteiger partial charge in [-0.25, -0.2) is 0 Å². The summed E-state index contributed by atoms with van der Waals surface area (Å²) >= 11 is 0. The van der Waals surface area contributed by atoms with Crippen molar-refractivity contribution in [2.24, 2.45) is 0 Å². The highest BCUT2D eigenvalue weighted by Crippen LogP contribution is 1.86. The van der Waals surface area contributed by atoms with Gasteiger partial charge < -0.3 is 5.11 Å². The predicted molar refractivity (Wildman–Crippen MR) is 39.9 cm³/mol. The van der Waals surface area contributed by atoms with Crippen molar-refractivity contribution < 1.29 is 9.90 Å². The first-order valence-corrected chi connectivity index (χ1v) is 3.12. The van der Waals surface area contributed by atoms with Gasteiger partial charge >= 0.3 is 5.97 Å². The molecule has 0 aliphatic carbocycles. The number of nitrogens with zero attached hydrogens (tertiary/aromatic N) is 2. The average Bonchev–Trinajstić information content (AvgIpc) is 1.87. The molecular formula is C7H10N2O2. The molecule has 0 aromatic carbocycles. The Morgan fingerprint density at radius 1 is 1.82 bits per heavy atom. The summed E-state index contributed by atoms with van der Waals surface area (Å²) in [7, 11) is 0. The fraction of sp³-hybridized carbons (Fsp3) is 0.429. The van der Waals surface area contributed by atoms with Gasteiger partial charge in [-0.15, -0.1) is 6.58 Å². The zero-order valence-electron chi connectivity index (χ0n) is 6.16. The molecular weight excluding hydrogens is 144 g/mol. The Hall–Kier alpha value is -1.34. The van der Waals surface area contributed by atoms with Crippen LogP contribution in [0.15, 0.2) is 12.7 Å². The predicted octanol–water partition coefficient (Wildman–Crippen LogP) is 0.0826. The van der Waals surface area contributed by atoms with Gasteiger partial charge in [-0.2, -0.15) is 5.26 Å². The van der Waals surface area contributed by atoms with Gasteiger partial charge in [-0.05, 0) is 0 Å². The van der Waals surface area contributed by atoms with Crippen molar-refractivity contribution in [2.45, 2.75) is 0 Å². The van der Waals surface area contributed by atoms with Gasteiger partial charge in [0.25, 0.3) is 0 Å². The summed E-state index contributed by atoms with van der Waals surface area (Å²) in [6, 6.07) is 1.87. The van der Waals surface area contributed by atoms with Crippen LogP contribution in [0.3, 0.4) is 0 Å². The molecule has 0 rings (SSSR count). The van der Waals surface area contributed by atoms with E-state index >= 15 is 0 Å². The Bertz CT molecular complexity index is 183. The van der Waals surface area contributed by atoms with Crippen LogP contribution in [0.25, 0.3) is 0 Å². The molecule has 0 unspecified atom stereocenters. The molecule has 4 nitrogen and oxygen atoms in total. The van der Waals surface area contributed by atoms with E-state index in [-0.39, 0.29) is 13.1 Å². The van der Waals surface area contributed by atoms with E-state index in [0.29, 0.717) is 6.54 Å². The van der Waals surface area contributed by atoms with Gasteiger partial charge in [-0.3, -0.25) is 9.69 Å². The van der Waals surface area contributed by atoms with Crippen molar-refractivity contribution in [3.63, 3.8) is 0 Å². The topological polar surface area (TPSA) is 64.3 Å². The van der Waals surface area contributed by atoms with Crippen LogP contribution in [0.4, 0.5) is 0 Å². The Morgan fingerprint density at radius 3 is 2.82 bits per heavy atom. The van der Waals surface area contributed by atoms with Crippen molar-refractivity contribution >= 4 is 5.97 Å². The Morgan fingerprint density at radius 2 is 2.45 bits per heavy atom. The minimum absolute atomic E-state index is 0.112. The Balaban J connectivity index is 3.79. The zero-order chi connectivity index (χ0) is 8.69. The second kappa shape index (κ2) is 5.45. The van der Waals surface area contributed by atoms with Crippen LogP contribution >= 0.6 is 0 Å². The number of rotatable bonds is 5. The maximum Gasteiger partial charge on any atom is 0.317 e. The quantitative estimate of drug-likeness (QED) is 0.450. The monoisotopic (exact) mass is 154 g/mol. The highest BCUT2D eigenvalue weighted by atomic mass is 16.4. The molecule has 0 saturated carbocycles. The molecule has 0 aromatic heterocycles. The summed E-state index contributed by atoms with van der Waals surface area (Å²) < 4.78 is 0. The molecule has 60 valence electrons. The minimum Gasteiger partial charge on any atom is -0.480 e. The number of hydrogen-bond acceptors (Lipinski definition) is 3. The lowest BCUT2D eigenvalue weighted by Crippen LogP contribution is -2.30. The maximum absolute atomic E-state index is 10.2. The molecule has 0 aliphatic heterocycles. The lowest BCUT2D eigenvalue weighted by molar-refractivity contribution is -0.138. The SMILES string of the molecule is C=CCN(CC#N)CC(=O)O. The number of carbonyl (C=O) groups is 1. The normalized spacial score (nSPS) is 9.09. The molecule has 0 heterocycles. The van der Waals surface area contributed by atoms with E-state index in [9.17, 15) is 4.79 Å². The van der Waals surface area contributed by atoms with Gasteiger partial charge in [0.05, 0.1) is 19.2 Å².